The van der Waals surface area contributed by atoms with Gasteiger partial charge in [-0.2, -0.15) is 4.98 Å². The maximum absolute atomic E-state index is 12.3. The first-order chi connectivity index (χ1) is 12.5. The number of halogens is 1. The molecule has 0 aliphatic heterocycles. The van der Waals surface area contributed by atoms with Crippen molar-refractivity contribution in [3.05, 3.63) is 69.3 Å². The van der Waals surface area contributed by atoms with E-state index in [9.17, 15) is 14.9 Å². The lowest BCUT2D eigenvalue weighted by atomic mass is 10.2. The number of hydrogen-bond donors (Lipinski definition) is 0. The van der Waals surface area contributed by atoms with E-state index in [1.165, 1.54) is 19.1 Å². The first kappa shape index (κ1) is 17.5. The van der Waals surface area contributed by atoms with E-state index in [1.54, 1.807) is 24.5 Å². The molecule has 2 heterocycles. The minimum Gasteiger partial charge on any atom is -0.449 e. The second-order valence-corrected chi connectivity index (χ2v) is 5.60. The normalized spacial score (nSPS) is 11.8. The maximum Gasteiger partial charge on any atom is 0.345 e. The van der Waals surface area contributed by atoms with Crippen LogP contribution in [0.4, 0.5) is 5.69 Å². The molecule has 0 saturated carbocycles. The van der Waals surface area contributed by atoms with Crippen LogP contribution in [0.3, 0.4) is 0 Å². The van der Waals surface area contributed by atoms with Gasteiger partial charge in [0.1, 0.15) is 5.56 Å². The van der Waals surface area contributed by atoms with Crippen LogP contribution in [0, 0.1) is 10.1 Å². The van der Waals surface area contributed by atoms with Gasteiger partial charge >= 0.3 is 5.97 Å². The van der Waals surface area contributed by atoms with Crippen LogP contribution in [0.5, 0.6) is 0 Å². The van der Waals surface area contributed by atoms with Gasteiger partial charge in [-0.3, -0.25) is 15.1 Å². The Morgan fingerprint density at radius 2 is 2.19 bits per heavy atom. The molecule has 0 saturated heterocycles. The van der Waals surface area contributed by atoms with E-state index >= 15 is 0 Å². The molecule has 0 amide bonds. The summed E-state index contributed by atoms with van der Waals surface area (Å²) in [6, 6.07) is 7.08. The summed E-state index contributed by atoms with van der Waals surface area (Å²) in [4.78, 5) is 30.8. The number of ether oxygens (including phenoxy) is 1. The van der Waals surface area contributed by atoms with Crippen molar-refractivity contribution in [2.45, 2.75) is 13.0 Å². The van der Waals surface area contributed by atoms with E-state index in [-0.39, 0.29) is 22.3 Å². The van der Waals surface area contributed by atoms with E-state index in [1.807, 2.05) is 0 Å². The van der Waals surface area contributed by atoms with Crippen LogP contribution in [-0.2, 0) is 4.74 Å². The van der Waals surface area contributed by atoms with E-state index < -0.39 is 22.7 Å². The van der Waals surface area contributed by atoms with Crippen LogP contribution in [-0.4, -0.2) is 26.0 Å². The summed E-state index contributed by atoms with van der Waals surface area (Å²) in [6.07, 6.45) is 2.24. The molecule has 0 aliphatic rings. The molecular formula is C16H11ClN4O5. The smallest absolute Gasteiger partial charge is 0.345 e. The molecule has 9 nitrogen and oxygen atoms in total. The number of carbonyl (C=O) groups is 1. The van der Waals surface area contributed by atoms with Gasteiger partial charge in [0.05, 0.1) is 4.92 Å². The molecule has 0 unspecified atom stereocenters. The Hall–Kier alpha value is -3.33. The molecule has 0 spiro atoms. The van der Waals surface area contributed by atoms with Gasteiger partial charge in [0, 0.05) is 29.0 Å². The van der Waals surface area contributed by atoms with Gasteiger partial charge in [-0.15, -0.1) is 0 Å². The van der Waals surface area contributed by atoms with Gasteiger partial charge in [-0.1, -0.05) is 16.8 Å². The van der Waals surface area contributed by atoms with E-state index in [4.69, 9.17) is 20.9 Å². The molecular weight excluding hydrogens is 364 g/mol. The largest absolute Gasteiger partial charge is 0.449 e. The number of nitrogens with zero attached hydrogens (tertiary/aromatic N) is 4. The van der Waals surface area contributed by atoms with Crippen molar-refractivity contribution in [2.75, 3.05) is 0 Å². The molecule has 0 bridgehead atoms. The quantitative estimate of drug-likeness (QED) is 0.377. The van der Waals surface area contributed by atoms with Crippen molar-refractivity contribution in [3.63, 3.8) is 0 Å². The summed E-state index contributed by atoms with van der Waals surface area (Å²) in [7, 11) is 0. The molecule has 10 heteroatoms. The molecule has 0 fully saturated rings. The Balaban J connectivity index is 1.79. The SMILES string of the molecule is C[C@H](OC(=O)c1cc(Cl)ccc1[N+](=O)[O-])c1nc(-c2cccnc2)no1. The van der Waals surface area contributed by atoms with Crippen molar-refractivity contribution in [1.82, 2.24) is 15.1 Å². The number of pyridine rings is 1. The first-order valence-electron chi connectivity index (χ1n) is 7.34. The molecule has 0 aliphatic carbocycles. The van der Waals surface area contributed by atoms with Crippen LogP contribution >= 0.6 is 11.6 Å². The zero-order valence-corrected chi connectivity index (χ0v) is 14.1. The Labute approximate surface area is 151 Å². The summed E-state index contributed by atoms with van der Waals surface area (Å²) in [6.45, 7) is 1.51. The van der Waals surface area contributed by atoms with E-state index in [0.29, 0.717) is 5.56 Å². The molecule has 1 aromatic carbocycles. The highest BCUT2D eigenvalue weighted by Gasteiger charge is 2.26. The Morgan fingerprint density at radius 1 is 1.38 bits per heavy atom. The highest BCUT2D eigenvalue weighted by atomic mass is 35.5. The van der Waals surface area contributed by atoms with Crippen molar-refractivity contribution in [2.24, 2.45) is 0 Å². The highest BCUT2D eigenvalue weighted by Crippen LogP contribution is 2.26. The lowest BCUT2D eigenvalue weighted by Gasteiger charge is -2.09. The van der Waals surface area contributed by atoms with Gasteiger partial charge in [-0.25, -0.2) is 4.79 Å². The molecule has 0 N–H and O–H groups in total. The van der Waals surface area contributed by atoms with Crippen LogP contribution in [0.15, 0.2) is 47.2 Å². The first-order valence-corrected chi connectivity index (χ1v) is 7.72. The number of hydrogen-bond acceptors (Lipinski definition) is 8. The predicted molar refractivity (Wildman–Crippen MR) is 89.5 cm³/mol. The number of nitro benzene ring substituents is 1. The lowest BCUT2D eigenvalue weighted by molar-refractivity contribution is -0.385. The van der Waals surface area contributed by atoms with Crippen LogP contribution < -0.4 is 0 Å². The molecule has 0 radical (unpaired) electrons. The summed E-state index contributed by atoms with van der Waals surface area (Å²) in [5, 5.41) is 15.0. The molecule has 132 valence electrons. The zero-order valence-electron chi connectivity index (χ0n) is 13.3. The van der Waals surface area contributed by atoms with Crippen molar-refractivity contribution >= 4 is 23.3 Å². The van der Waals surface area contributed by atoms with Crippen molar-refractivity contribution in [1.29, 1.82) is 0 Å². The van der Waals surface area contributed by atoms with E-state index in [0.717, 1.165) is 6.07 Å². The van der Waals surface area contributed by atoms with Crippen molar-refractivity contribution in [3.8, 4) is 11.4 Å². The second-order valence-electron chi connectivity index (χ2n) is 5.16. The van der Waals surface area contributed by atoms with Crippen LogP contribution in [0.2, 0.25) is 5.02 Å². The molecule has 3 aromatic rings. The third kappa shape index (κ3) is 3.67. The molecule has 3 rings (SSSR count). The van der Waals surface area contributed by atoms with Crippen LogP contribution in [0.1, 0.15) is 29.3 Å². The van der Waals surface area contributed by atoms with Gasteiger partial charge in [0.15, 0.2) is 6.10 Å². The Bertz CT molecular complexity index is 960. The standard InChI is InChI=1S/C16H11ClN4O5/c1-9(15-19-14(20-26-15)10-3-2-6-18-8-10)25-16(22)12-7-11(17)4-5-13(12)21(23)24/h2-9H,1H3/t9-/m0/s1. The number of rotatable bonds is 5. The fraction of sp³-hybridized carbons (Fsp3) is 0.125. The van der Waals surface area contributed by atoms with Gasteiger partial charge < -0.3 is 9.26 Å². The van der Waals surface area contributed by atoms with Gasteiger partial charge in [0.25, 0.3) is 11.6 Å². The number of benzene rings is 1. The molecule has 1 atom stereocenters. The zero-order chi connectivity index (χ0) is 18.7. The number of nitro groups is 1. The Kier molecular flexibility index (Phi) is 4.90. The third-order valence-electron chi connectivity index (χ3n) is 3.37. The van der Waals surface area contributed by atoms with E-state index in [2.05, 4.69) is 15.1 Å². The second kappa shape index (κ2) is 7.28. The third-order valence-corrected chi connectivity index (χ3v) is 3.60. The predicted octanol–water partition coefficient (Wildman–Crippen LogP) is 3.61. The lowest BCUT2D eigenvalue weighted by Crippen LogP contribution is -2.11. The summed E-state index contributed by atoms with van der Waals surface area (Å²) < 4.78 is 10.3. The summed E-state index contributed by atoms with van der Waals surface area (Å²) >= 11 is 5.81. The van der Waals surface area contributed by atoms with Gasteiger partial charge in [0.2, 0.25) is 5.82 Å². The van der Waals surface area contributed by atoms with Crippen molar-refractivity contribution < 1.29 is 19.0 Å². The number of carbonyl (C=O) groups excluding carboxylic acids is 1. The van der Waals surface area contributed by atoms with Crippen LogP contribution in [0.25, 0.3) is 11.4 Å². The van der Waals surface area contributed by atoms with Gasteiger partial charge in [-0.05, 0) is 31.2 Å². The monoisotopic (exact) mass is 374 g/mol. The minimum absolute atomic E-state index is 0.0434. The molecule has 2 aromatic heterocycles. The number of esters is 1. The Morgan fingerprint density at radius 3 is 2.88 bits per heavy atom. The number of aromatic nitrogens is 3. The fourth-order valence-electron chi connectivity index (χ4n) is 2.12. The topological polar surface area (TPSA) is 121 Å². The average Bonchev–Trinajstić information content (AvgIpc) is 3.12. The summed E-state index contributed by atoms with van der Waals surface area (Å²) in [5.41, 5.74) is -0.0407. The highest BCUT2D eigenvalue weighted by molar-refractivity contribution is 6.31. The minimum atomic E-state index is -0.923. The summed E-state index contributed by atoms with van der Waals surface area (Å²) in [5.74, 6) is -0.598. The fourth-order valence-corrected chi connectivity index (χ4v) is 2.29. The maximum atomic E-state index is 12.3. The molecule has 26 heavy (non-hydrogen) atoms. The average molecular weight is 375 g/mol.